The summed E-state index contributed by atoms with van der Waals surface area (Å²) in [5, 5.41) is 8.86. The molecule has 2 nitrogen and oxygen atoms in total. The van der Waals surface area contributed by atoms with Crippen molar-refractivity contribution in [1.29, 1.82) is 5.26 Å². The van der Waals surface area contributed by atoms with Crippen LogP contribution in [0.4, 0.5) is 0 Å². The fraction of sp³-hybridized carbons (Fsp3) is 0.286. The Bertz CT molecular complexity index is 720. The van der Waals surface area contributed by atoms with Crippen LogP contribution in [0.1, 0.15) is 37.3 Å². The van der Waals surface area contributed by atoms with Gasteiger partial charge in [0.2, 0.25) is 0 Å². The summed E-state index contributed by atoms with van der Waals surface area (Å²) in [6.07, 6.45) is 6.09. The molecule has 0 spiro atoms. The molecule has 0 saturated carbocycles. The Hall–Kier alpha value is -2.37. The number of hydrogen-bond acceptors (Lipinski definition) is 2. The molecule has 1 unspecified atom stereocenters. The molecule has 1 aliphatic heterocycles. The third-order valence-electron chi connectivity index (χ3n) is 4.29. The van der Waals surface area contributed by atoms with Crippen LogP contribution in [0.2, 0.25) is 0 Å². The largest absolute Gasteiger partial charge is 0.369 e. The van der Waals surface area contributed by atoms with Crippen molar-refractivity contribution < 1.29 is 4.74 Å². The summed E-state index contributed by atoms with van der Waals surface area (Å²) in [7, 11) is 0. The van der Waals surface area contributed by atoms with Gasteiger partial charge in [-0.1, -0.05) is 56.2 Å². The summed E-state index contributed by atoms with van der Waals surface area (Å²) < 4.78 is 5.84. The highest BCUT2D eigenvalue weighted by atomic mass is 16.5. The molecule has 23 heavy (non-hydrogen) atoms. The van der Waals surface area contributed by atoms with Gasteiger partial charge in [-0.2, -0.15) is 5.26 Å². The molecule has 2 heteroatoms. The molecule has 116 valence electrons. The molecule has 0 amide bonds. The number of ether oxygens (including phenoxy) is 1. The van der Waals surface area contributed by atoms with Crippen LogP contribution in [0.3, 0.4) is 0 Å². The first-order valence-corrected chi connectivity index (χ1v) is 8.23. The van der Waals surface area contributed by atoms with E-state index in [1.807, 2.05) is 24.3 Å². The van der Waals surface area contributed by atoms with E-state index >= 15 is 0 Å². The van der Waals surface area contributed by atoms with Gasteiger partial charge in [0, 0.05) is 0 Å². The molecule has 0 bridgehead atoms. The summed E-state index contributed by atoms with van der Waals surface area (Å²) >= 11 is 0. The molecule has 0 aliphatic carbocycles. The maximum Gasteiger partial charge on any atom is 0.0991 e. The van der Waals surface area contributed by atoms with Crippen molar-refractivity contribution in [1.82, 2.24) is 0 Å². The lowest BCUT2D eigenvalue weighted by Crippen LogP contribution is -2.03. The third kappa shape index (κ3) is 3.70. The van der Waals surface area contributed by atoms with Crippen LogP contribution in [-0.4, -0.2) is 12.7 Å². The van der Waals surface area contributed by atoms with Crippen molar-refractivity contribution in [3.8, 4) is 17.2 Å². The minimum atomic E-state index is 0.281. The van der Waals surface area contributed by atoms with Gasteiger partial charge in [-0.3, -0.25) is 0 Å². The molecular formula is C21H21NO. The Labute approximate surface area is 138 Å². The fourth-order valence-electron chi connectivity index (χ4n) is 2.88. The van der Waals surface area contributed by atoms with E-state index in [1.165, 1.54) is 29.5 Å². The minimum absolute atomic E-state index is 0.281. The van der Waals surface area contributed by atoms with Gasteiger partial charge in [-0.05, 0) is 46.9 Å². The van der Waals surface area contributed by atoms with Gasteiger partial charge in [0.05, 0.1) is 24.3 Å². The molecule has 0 aromatic heterocycles. The molecule has 1 heterocycles. The van der Waals surface area contributed by atoms with Crippen LogP contribution in [0.25, 0.3) is 16.7 Å². The Morgan fingerprint density at radius 3 is 2.22 bits per heavy atom. The van der Waals surface area contributed by atoms with Gasteiger partial charge in [-0.15, -0.1) is 0 Å². The van der Waals surface area contributed by atoms with Crippen LogP contribution in [0.15, 0.2) is 54.6 Å². The second kappa shape index (κ2) is 7.26. The first-order valence-electron chi connectivity index (χ1n) is 8.23. The molecule has 2 aromatic carbocycles. The van der Waals surface area contributed by atoms with Gasteiger partial charge in [0.25, 0.3) is 0 Å². The van der Waals surface area contributed by atoms with Crippen LogP contribution < -0.4 is 0 Å². The van der Waals surface area contributed by atoms with E-state index in [-0.39, 0.29) is 6.10 Å². The van der Waals surface area contributed by atoms with Crippen LogP contribution in [-0.2, 0) is 4.74 Å². The molecule has 0 fully saturated rings. The molecule has 0 saturated heterocycles. The monoisotopic (exact) mass is 303 g/mol. The SMILES string of the molecule is CCCCC1C=C(c2ccc(-c3ccc(C#N)cc3)cc2)CO1. The average molecular weight is 303 g/mol. The van der Waals surface area contributed by atoms with Gasteiger partial charge < -0.3 is 4.74 Å². The average Bonchev–Trinajstić information content (AvgIpc) is 3.09. The van der Waals surface area contributed by atoms with Gasteiger partial charge >= 0.3 is 0 Å². The predicted molar refractivity (Wildman–Crippen MR) is 93.8 cm³/mol. The smallest absolute Gasteiger partial charge is 0.0991 e. The van der Waals surface area contributed by atoms with E-state index in [0.29, 0.717) is 12.2 Å². The zero-order valence-electron chi connectivity index (χ0n) is 13.5. The van der Waals surface area contributed by atoms with E-state index in [0.717, 1.165) is 12.0 Å². The lowest BCUT2D eigenvalue weighted by atomic mass is 9.99. The van der Waals surface area contributed by atoms with Crippen molar-refractivity contribution in [3.63, 3.8) is 0 Å². The lowest BCUT2D eigenvalue weighted by molar-refractivity contribution is 0.121. The Morgan fingerprint density at radius 1 is 1.00 bits per heavy atom. The van der Waals surface area contributed by atoms with Gasteiger partial charge in [0.1, 0.15) is 0 Å². The second-order valence-electron chi connectivity index (χ2n) is 5.95. The highest BCUT2D eigenvalue weighted by Gasteiger charge is 2.16. The maximum atomic E-state index is 8.86. The van der Waals surface area contributed by atoms with Gasteiger partial charge in [-0.25, -0.2) is 0 Å². The predicted octanol–water partition coefficient (Wildman–Crippen LogP) is 5.20. The first kappa shape index (κ1) is 15.5. The number of unbranched alkanes of at least 4 members (excludes halogenated alkanes) is 1. The van der Waals surface area contributed by atoms with Crippen LogP contribution in [0.5, 0.6) is 0 Å². The third-order valence-corrected chi connectivity index (χ3v) is 4.29. The Kier molecular flexibility index (Phi) is 4.90. The Balaban J connectivity index is 1.73. The zero-order valence-corrected chi connectivity index (χ0v) is 13.5. The van der Waals surface area contributed by atoms with Crippen LogP contribution >= 0.6 is 0 Å². The topological polar surface area (TPSA) is 33.0 Å². The summed E-state index contributed by atoms with van der Waals surface area (Å²) in [4.78, 5) is 0. The van der Waals surface area contributed by atoms with Gasteiger partial charge in [0.15, 0.2) is 0 Å². The Morgan fingerprint density at radius 2 is 1.61 bits per heavy atom. The normalized spacial score (nSPS) is 16.9. The van der Waals surface area contributed by atoms with E-state index in [1.54, 1.807) is 0 Å². The van der Waals surface area contributed by atoms with Crippen molar-refractivity contribution in [2.75, 3.05) is 6.61 Å². The van der Waals surface area contributed by atoms with Crippen molar-refractivity contribution in [2.24, 2.45) is 0 Å². The van der Waals surface area contributed by atoms with E-state index in [2.05, 4.69) is 43.3 Å². The molecular weight excluding hydrogens is 282 g/mol. The highest BCUT2D eigenvalue weighted by Crippen LogP contribution is 2.27. The summed E-state index contributed by atoms with van der Waals surface area (Å²) in [6.45, 7) is 2.92. The lowest BCUT2D eigenvalue weighted by Gasteiger charge is -2.05. The quantitative estimate of drug-likeness (QED) is 0.760. The molecule has 2 aromatic rings. The highest BCUT2D eigenvalue weighted by molar-refractivity contribution is 5.72. The van der Waals surface area contributed by atoms with E-state index in [4.69, 9.17) is 10.00 Å². The molecule has 3 rings (SSSR count). The van der Waals surface area contributed by atoms with E-state index < -0.39 is 0 Å². The minimum Gasteiger partial charge on any atom is -0.369 e. The summed E-state index contributed by atoms with van der Waals surface area (Å²) in [5.74, 6) is 0. The first-order chi connectivity index (χ1) is 11.3. The fourth-order valence-corrected chi connectivity index (χ4v) is 2.88. The number of rotatable bonds is 5. The van der Waals surface area contributed by atoms with E-state index in [9.17, 15) is 0 Å². The van der Waals surface area contributed by atoms with Crippen molar-refractivity contribution >= 4 is 5.57 Å². The standard InChI is InChI=1S/C21H21NO/c1-2-3-4-21-13-20(15-23-21)19-11-9-18(10-12-19)17-7-5-16(14-22)6-8-17/h5-13,21H,2-4,15H2,1H3. The summed E-state index contributed by atoms with van der Waals surface area (Å²) in [5.41, 5.74) is 5.52. The van der Waals surface area contributed by atoms with Crippen molar-refractivity contribution in [2.45, 2.75) is 32.3 Å². The second-order valence-corrected chi connectivity index (χ2v) is 5.95. The number of nitriles is 1. The van der Waals surface area contributed by atoms with Crippen LogP contribution in [0, 0.1) is 11.3 Å². The van der Waals surface area contributed by atoms with Crippen molar-refractivity contribution in [3.05, 3.63) is 65.7 Å². The molecule has 0 radical (unpaired) electrons. The summed E-state index contributed by atoms with van der Waals surface area (Å²) in [6, 6.07) is 18.4. The maximum absolute atomic E-state index is 8.86. The molecule has 1 atom stereocenters. The number of hydrogen-bond donors (Lipinski definition) is 0. The number of benzene rings is 2. The molecule has 0 N–H and O–H groups in total. The number of nitrogens with zero attached hydrogens (tertiary/aromatic N) is 1. The molecule has 1 aliphatic rings. The zero-order chi connectivity index (χ0) is 16.1.